The zero-order valence-electron chi connectivity index (χ0n) is 14.1. The molecule has 2 amide bonds. The van der Waals surface area contributed by atoms with E-state index in [4.69, 9.17) is 0 Å². The normalized spacial score (nSPS) is 28.5. The summed E-state index contributed by atoms with van der Waals surface area (Å²) < 4.78 is 14.4. The zero-order chi connectivity index (χ0) is 16.9. The highest BCUT2D eigenvalue weighted by molar-refractivity contribution is 5.96. The van der Waals surface area contributed by atoms with Crippen LogP contribution in [0.25, 0.3) is 0 Å². The van der Waals surface area contributed by atoms with Gasteiger partial charge in [-0.2, -0.15) is 0 Å². The van der Waals surface area contributed by atoms with Crippen LogP contribution in [0.1, 0.15) is 37.7 Å². The summed E-state index contributed by atoms with van der Waals surface area (Å²) >= 11 is 0. The Morgan fingerprint density at radius 2 is 1.83 bits per heavy atom. The standard InChI is InChI=1S/C19H23FN2O2/c1-14-3-5-15(6-4-14)22-13-18(11-16(22)23)9-10-21(12-18)17(24)19(20)7-2-8-19/h3-6H,2,7-13H2,1H3/t18-/m1/s1. The average molecular weight is 330 g/mol. The zero-order valence-corrected chi connectivity index (χ0v) is 14.1. The van der Waals surface area contributed by atoms with Crippen molar-refractivity contribution in [3.63, 3.8) is 0 Å². The Hall–Kier alpha value is -1.91. The highest BCUT2D eigenvalue weighted by Crippen LogP contribution is 2.44. The Balaban J connectivity index is 1.48. The minimum absolute atomic E-state index is 0.103. The summed E-state index contributed by atoms with van der Waals surface area (Å²) in [6.07, 6.45) is 2.72. The molecule has 2 saturated heterocycles. The van der Waals surface area contributed by atoms with Gasteiger partial charge < -0.3 is 9.80 Å². The van der Waals surface area contributed by atoms with Gasteiger partial charge in [-0.25, -0.2) is 4.39 Å². The highest BCUT2D eigenvalue weighted by atomic mass is 19.1. The van der Waals surface area contributed by atoms with E-state index in [1.54, 1.807) is 4.90 Å². The van der Waals surface area contributed by atoms with Crippen LogP contribution in [-0.4, -0.2) is 42.0 Å². The first-order valence-electron chi connectivity index (χ1n) is 8.76. The number of anilines is 1. The molecule has 0 bridgehead atoms. The van der Waals surface area contributed by atoms with Crippen LogP contribution in [0.4, 0.5) is 10.1 Å². The van der Waals surface area contributed by atoms with Crippen LogP contribution in [-0.2, 0) is 9.59 Å². The first-order valence-corrected chi connectivity index (χ1v) is 8.76. The van der Waals surface area contributed by atoms with Gasteiger partial charge >= 0.3 is 0 Å². The van der Waals surface area contributed by atoms with Crippen LogP contribution in [0.2, 0.25) is 0 Å². The van der Waals surface area contributed by atoms with Gasteiger partial charge in [0, 0.05) is 37.2 Å². The lowest BCUT2D eigenvalue weighted by Gasteiger charge is -2.36. The maximum Gasteiger partial charge on any atom is 0.260 e. The molecule has 1 saturated carbocycles. The van der Waals surface area contributed by atoms with Crippen LogP contribution < -0.4 is 4.90 Å². The fourth-order valence-corrected chi connectivity index (χ4v) is 4.22. The number of hydrogen-bond donors (Lipinski definition) is 0. The molecule has 1 spiro atoms. The predicted molar refractivity (Wildman–Crippen MR) is 89.5 cm³/mol. The van der Waals surface area contributed by atoms with Gasteiger partial charge in [-0.05, 0) is 44.7 Å². The topological polar surface area (TPSA) is 40.6 Å². The van der Waals surface area contributed by atoms with E-state index in [1.807, 2.05) is 36.1 Å². The van der Waals surface area contributed by atoms with E-state index in [0.29, 0.717) is 38.9 Å². The molecular formula is C19H23FN2O2. The fourth-order valence-electron chi connectivity index (χ4n) is 4.22. The molecule has 4 nitrogen and oxygen atoms in total. The van der Waals surface area contributed by atoms with Gasteiger partial charge in [0.1, 0.15) is 0 Å². The van der Waals surface area contributed by atoms with Crippen LogP contribution >= 0.6 is 0 Å². The molecule has 0 radical (unpaired) electrons. The number of carbonyl (C=O) groups is 2. The molecule has 4 rings (SSSR count). The number of halogens is 1. The van der Waals surface area contributed by atoms with Crippen molar-refractivity contribution in [3.8, 4) is 0 Å². The molecule has 1 aromatic rings. The van der Waals surface area contributed by atoms with Gasteiger partial charge in [-0.1, -0.05) is 17.7 Å². The average Bonchev–Trinajstić information content (AvgIpc) is 3.09. The molecule has 0 aromatic heterocycles. The van der Waals surface area contributed by atoms with E-state index in [1.165, 1.54) is 0 Å². The number of likely N-dealkylation sites (tertiary alicyclic amines) is 1. The summed E-state index contributed by atoms with van der Waals surface area (Å²) in [5.41, 5.74) is 0.224. The third-order valence-corrected chi connectivity index (χ3v) is 5.92. The van der Waals surface area contributed by atoms with Gasteiger partial charge in [0.2, 0.25) is 5.91 Å². The smallest absolute Gasteiger partial charge is 0.260 e. The van der Waals surface area contributed by atoms with E-state index < -0.39 is 5.67 Å². The number of hydrogen-bond acceptors (Lipinski definition) is 2. The molecule has 2 heterocycles. The Labute approximate surface area is 141 Å². The predicted octanol–water partition coefficient (Wildman–Crippen LogP) is 2.84. The molecule has 5 heteroatoms. The summed E-state index contributed by atoms with van der Waals surface area (Å²) in [5.74, 6) is -0.251. The quantitative estimate of drug-likeness (QED) is 0.837. The van der Waals surface area contributed by atoms with Crippen molar-refractivity contribution in [1.29, 1.82) is 0 Å². The first-order chi connectivity index (χ1) is 11.4. The van der Waals surface area contributed by atoms with Crippen molar-refractivity contribution in [2.24, 2.45) is 5.41 Å². The number of amides is 2. The van der Waals surface area contributed by atoms with Crippen LogP contribution in [0.15, 0.2) is 24.3 Å². The number of rotatable bonds is 2. The van der Waals surface area contributed by atoms with Gasteiger partial charge in [0.05, 0.1) is 0 Å². The maximum atomic E-state index is 14.4. The van der Waals surface area contributed by atoms with Gasteiger partial charge in [0.25, 0.3) is 5.91 Å². The third-order valence-electron chi connectivity index (χ3n) is 5.92. The largest absolute Gasteiger partial charge is 0.339 e. The minimum atomic E-state index is -1.63. The first kappa shape index (κ1) is 15.6. The van der Waals surface area contributed by atoms with Crippen LogP contribution in [0.3, 0.4) is 0 Å². The Morgan fingerprint density at radius 3 is 2.46 bits per heavy atom. The third kappa shape index (κ3) is 2.41. The molecule has 2 aliphatic heterocycles. The van der Waals surface area contributed by atoms with Crippen molar-refractivity contribution < 1.29 is 14.0 Å². The second kappa shape index (κ2) is 5.30. The van der Waals surface area contributed by atoms with E-state index >= 15 is 0 Å². The summed E-state index contributed by atoms with van der Waals surface area (Å²) in [4.78, 5) is 28.4. The van der Waals surface area contributed by atoms with Gasteiger partial charge in [0.15, 0.2) is 5.67 Å². The number of nitrogens with zero attached hydrogens (tertiary/aromatic N) is 2. The molecule has 1 aliphatic carbocycles. The molecule has 0 N–H and O–H groups in total. The SMILES string of the molecule is Cc1ccc(N2C[C@]3(CCN(C(=O)C4(F)CCC4)C3)CC2=O)cc1. The molecule has 1 atom stereocenters. The lowest BCUT2D eigenvalue weighted by Crippen LogP contribution is -2.50. The Kier molecular flexibility index (Phi) is 3.44. The second-order valence-electron chi connectivity index (χ2n) is 7.79. The molecular weight excluding hydrogens is 307 g/mol. The van der Waals surface area contributed by atoms with Crippen molar-refractivity contribution in [1.82, 2.24) is 4.90 Å². The lowest BCUT2D eigenvalue weighted by atomic mass is 9.81. The Bertz CT molecular complexity index is 683. The number of aryl methyl sites for hydroxylation is 1. The van der Waals surface area contributed by atoms with Crippen molar-refractivity contribution in [2.75, 3.05) is 24.5 Å². The second-order valence-corrected chi connectivity index (χ2v) is 7.79. The van der Waals surface area contributed by atoms with E-state index in [2.05, 4.69) is 0 Å². The maximum absolute atomic E-state index is 14.4. The van der Waals surface area contributed by atoms with Gasteiger partial charge in [-0.3, -0.25) is 9.59 Å². The van der Waals surface area contributed by atoms with E-state index in [9.17, 15) is 14.0 Å². The molecule has 3 aliphatic rings. The van der Waals surface area contributed by atoms with Crippen LogP contribution in [0, 0.1) is 12.3 Å². The number of carbonyl (C=O) groups excluding carboxylic acids is 2. The summed E-state index contributed by atoms with van der Waals surface area (Å²) in [6, 6.07) is 7.94. The van der Waals surface area contributed by atoms with Gasteiger partial charge in [-0.15, -0.1) is 0 Å². The van der Waals surface area contributed by atoms with E-state index in [-0.39, 0.29) is 17.2 Å². The molecule has 3 fully saturated rings. The summed E-state index contributed by atoms with van der Waals surface area (Å²) in [5, 5.41) is 0. The van der Waals surface area contributed by atoms with Crippen molar-refractivity contribution >= 4 is 17.5 Å². The monoisotopic (exact) mass is 330 g/mol. The summed E-state index contributed by atoms with van der Waals surface area (Å²) in [7, 11) is 0. The number of benzene rings is 1. The van der Waals surface area contributed by atoms with Crippen LogP contribution in [0.5, 0.6) is 0 Å². The number of alkyl halides is 1. The van der Waals surface area contributed by atoms with Crippen molar-refractivity contribution in [2.45, 2.75) is 44.7 Å². The molecule has 1 aromatic carbocycles. The molecule has 0 unspecified atom stereocenters. The Morgan fingerprint density at radius 1 is 1.12 bits per heavy atom. The van der Waals surface area contributed by atoms with E-state index in [0.717, 1.165) is 24.1 Å². The fraction of sp³-hybridized carbons (Fsp3) is 0.579. The van der Waals surface area contributed by atoms with Crippen molar-refractivity contribution in [3.05, 3.63) is 29.8 Å². The minimum Gasteiger partial charge on any atom is -0.339 e. The highest BCUT2D eigenvalue weighted by Gasteiger charge is 2.53. The lowest BCUT2D eigenvalue weighted by molar-refractivity contribution is -0.149. The molecule has 24 heavy (non-hydrogen) atoms. The molecule has 128 valence electrons. The summed E-state index contributed by atoms with van der Waals surface area (Å²) in [6.45, 7) is 3.72.